The number of ketones is 1. The average molecular weight is 357 g/mol. The molecule has 1 fully saturated rings. The van der Waals surface area contributed by atoms with Crippen LogP contribution in [0.4, 0.5) is 0 Å². The van der Waals surface area contributed by atoms with Crippen LogP contribution in [0, 0.1) is 5.92 Å². The third-order valence-electron chi connectivity index (χ3n) is 4.77. The number of carbonyl (C=O) groups is 2. The summed E-state index contributed by atoms with van der Waals surface area (Å²) >= 11 is 1.50. The van der Waals surface area contributed by atoms with E-state index in [0.717, 1.165) is 35.5 Å². The van der Waals surface area contributed by atoms with E-state index in [1.54, 1.807) is 7.11 Å². The van der Waals surface area contributed by atoms with Crippen molar-refractivity contribution in [3.8, 4) is 5.75 Å². The van der Waals surface area contributed by atoms with Crippen LogP contribution in [-0.4, -0.2) is 36.8 Å². The standard InChI is InChI=1S/C20H23NO3S/c1-24-17-7-4-15(5-8-17)6-9-19(22)21-12-10-16(11-13-21)20(23)18-3-2-14-25-18/h2-5,7-8,14,16H,6,9-13H2,1H3. The van der Waals surface area contributed by atoms with E-state index in [1.165, 1.54) is 11.3 Å². The fourth-order valence-corrected chi connectivity index (χ4v) is 3.96. The molecule has 132 valence electrons. The van der Waals surface area contributed by atoms with Crippen LogP contribution in [0.15, 0.2) is 41.8 Å². The molecule has 0 atom stereocenters. The van der Waals surface area contributed by atoms with E-state index in [0.29, 0.717) is 19.5 Å². The van der Waals surface area contributed by atoms with Gasteiger partial charge < -0.3 is 9.64 Å². The minimum Gasteiger partial charge on any atom is -0.497 e. The number of hydrogen-bond donors (Lipinski definition) is 0. The summed E-state index contributed by atoms with van der Waals surface area (Å²) in [4.78, 5) is 27.6. The number of amides is 1. The average Bonchev–Trinajstić information content (AvgIpc) is 3.21. The number of likely N-dealkylation sites (tertiary alicyclic amines) is 1. The molecule has 1 aromatic heterocycles. The second-order valence-corrected chi connectivity index (χ2v) is 7.29. The van der Waals surface area contributed by atoms with Crippen molar-refractivity contribution in [2.75, 3.05) is 20.2 Å². The number of methoxy groups -OCH3 is 1. The largest absolute Gasteiger partial charge is 0.497 e. The molecule has 1 aliphatic rings. The van der Waals surface area contributed by atoms with Crippen LogP contribution in [-0.2, 0) is 11.2 Å². The molecule has 0 radical (unpaired) electrons. The Kier molecular flexibility index (Phi) is 5.87. The van der Waals surface area contributed by atoms with Crippen molar-refractivity contribution >= 4 is 23.0 Å². The molecule has 4 nitrogen and oxygen atoms in total. The molecule has 1 aliphatic heterocycles. The second-order valence-electron chi connectivity index (χ2n) is 6.34. The highest BCUT2D eigenvalue weighted by molar-refractivity contribution is 7.12. The Morgan fingerprint density at radius 2 is 1.88 bits per heavy atom. The number of hydrogen-bond acceptors (Lipinski definition) is 4. The van der Waals surface area contributed by atoms with Gasteiger partial charge in [0.05, 0.1) is 12.0 Å². The van der Waals surface area contributed by atoms with Gasteiger partial charge in [-0.3, -0.25) is 9.59 Å². The van der Waals surface area contributed by atoms with E-state index in [-0.39, 0.29) is 17.6 Å². The van der Waals surface area contributed by atoms with Crippen molar-refractivity contribution in [2.45, 2.75) is 25.7 Å². The lowest BCUT2D eigenvalue weighted by Gasteiger charge is -2.31. The predicted molar refractivity (Wildman–Crippen MR) is 99.3 cm³/mol. The maximum Gasteiger partial charge on any atom is 0.222 e. The zero-order valence-corrected chi connectivity index (χ0v) is 15.3. The van der Waals surface area contributed by atoms with Crippen LogP contribution in [0.1, 0.15) is 34.5 Å². The lowest BCUT2D eigenvalue weighted by molar-refractivity contribution is -0.132. The highest BCUT2D eigenvalue weighted by Gasteiger charge is 2.28. The molecule has 0 aliphatic carbocycles. The molecule has 0 N–H and O–H groups in total. The van der Waals surface area contributed by atoms with Crippen LogP contribution in [0.25, 0.3) is 0 Å². The molecule has 1 aromatic carbocycles. The van der Waals surface area contributed by atoms with Crippen molar-refractivity contribution < 1.29 is 14.3 Å². The molecule has 25 heavy (non-hydrogen) atoms. The molecule has 5 heteroatoms. The fourth-order valence-electron chi connectivity index (χ4n) is 3.21. The number of benzene rings is 1. The number of aryl methyl sites for hydroxylation is 1. The second kappa shape index (κ2) is 8.30. The van der Waals surface area contributed by atoms with E-state index in [4.69, 9.17) is 4.74 Å². The molecule has 3 rings (SSSR count). The fraction of sp³-hybridized carbons (Fsp3) is 0.400. The molecular weight excluding hydrogens is 334 g/mol. The van der Waals surface area contributed by atoms with Gasteiger partial charge in [0.2, 0.25) is 5.91 Å². The summed E-state index contributed by atoms with van der Waals surface area (Å²) in [5, 5.41) is 1.94. The maximum absolute atomic E-state index is 12.4. The SMILES string of the molecule is COc1ccc(CCC(=O)N2CCC(C(=O)c3cccs3)CC2)cc1. The van der Waals surface area contributed by atoms with Gasteiger partial charge in [-0.1, -0.05) is 18.2 Å². The van der Waals surface area contributed by atoms with Gasteiger partial charge in [-0.2, -0.15) is 0 Å². The quantitative estimate of drug-likeness (QED) is 0.739. The topological polar surface area (TPSA) is 46.6 Å². The Bertz CT molecular complexity index is 701. The van der Waals surface area contributed by atoms with E-state index < -0.39 is 0 Å². The summed E-state index contributed by atoms with van der Waals surface area (Å²) in [6.07, 6.45) is 2.78. The third kappa shape index (κ3) is 4.48. The smallest absolute Gasteiger partial charge is 0.222 e. The molecule has 1 amide bonds. The molecule has 0 saturated carbocycles. The van der Waals surface area contributed by atoms with Gasteiger partial charge in [-0.25, -0.2) is 0 Å². The number of Topliss-reactive ketones (excluding diaryl/α,β-unsaturated/α-hetero) is 1. The number of piperidine rings is 1. The van der Waals surface area contributed by atoms with E-state index in [1.807, 2.05) is 46.7 Å². The highest BCUT2D eigenvalue weighted by atomic mass is 32.1. The summed E-state index contributed by atoms with van der Waals surface area (Å²) in [5.74, 6) is 1.30. The summed E-state index contributed by atoms with van der Waals surface area (Å²) in [5.41, 5.74) is 1.14. The number of nitrogens with zero attached hydrogens (tertiary/aromatic N) is 1. The summed E-state index contributed by atoms with van der Waals surface area (Å²) < 4.78 is 5.14. The first kappa shape index (κ1) is 17.7. The van der Waals surface area contributed by atoms with Gasteiger partial charge in [-0.05, 0) is 48.4 Å². The molecule has 0 bridgehead atoms. The Labute approximate surface area is 152 Å². The zero-order valence-electron chi connectivity index (χ0n) is 14.4. The van der Waals surface area contributed by atoms with Gasteiger partial charge in [0.25, 0.3) is 0 Å². The summed E-state index contributed by atoms with van der Waals surface area (Å²) in [6.45, 7) is 1.37. The summed E-state index contributed by atoms with van der Waals surface area (Å²) in [7, 11) is 1.64. The van der Waals surface area contributed by atoms with Gasteiger partial charge >= 0.3 is 0 Å². The van der Waals surface area contributed by atoms with E-state index in [9.17, 15) is 9.59 Å². The lowest BCUT2D eigenvalue weighted by Crippen LogP contribution is -2.40. The van der Waals surface area contributed by atoms with Crippen LogP contribution in [0.3, 0.4) is 0 Å². The van der Waals surface area contributed by atoms with Gasteiger partial charge in [0.1, 0.15) is 5.75 Å². The lowest BCUT2D eigenvalue weighted by atomic mass is 9.91. The van der Waals surface area contributed by atoms with E-state index >= 15 is 0 Å². The van der Waals surface area contributed by atoms with Gasteiger partial charge in [0.15, 0.2) is 5.78 Å². The number of thiophene rings is 1. The first-order valence-corrected chi connectivity index (χ1v) is 9.54. The van der Waals surface area contributed by atoms with Gasteiger partial charge in [-0.15, -0.1) is 11.3 Å². The van der Waals surface area contributed by atoms with Crippen LogP contribution >= 0.6 is 11.3 Å². The first-order valence-electron chi connectivity index (χ1n) is 8.66. The molecule has 2 aromatic rings. The molecular formula is C20H23NO3S. The minimum absolute atomic E-state index is 0.0595. The third-order valence-corrected chi connectivity index (χ3v) is 5.65. The minimum atomic E-state index is 0.0595. The maximum atomic E-state index is 12.4. The Balaban J connectivity index is 1.45. The molecule has 2 heterocycles. The van der Waals surface area contributed by atoms with Crippen molar-refractivity contribution in [2.24, 2.45) is 5.92 Å². The van der Waals surface area contributed by atoms with Crippen LogP contribution in [0.5, 0.6) is 5.75 Å². The highest BCUT2D eigenvalue weighted by Crippen LogP contribution is 2.24. The molecule has 0 spiro atoms. The van der Waals surface area contributed by atoms with Gasteiger partial charge in [0, 0.05) is 25.4 Å². The zero-order chi connectivity index (χ0) is 17.6. The van der Waals surface area contributed by atoms with E-state index in [2.05, 4.69) is 0 Å². The first-order chi connectivity index (χ1) is 12.2. The van der Waals surface area contributed by atoms with Crippen molar-refractivity contribution in [3.63, 3.8) is 0 Å². The Morgan fingerprint density at radius 3 is 2.48 bits per heavy atom. The predicted octanol–water partition coefficient (Wildman–Crippen LogP) is 3.81. The van der Waals surface area contributed by atoms with Crippen molar-refractivity contribution in [1.82, 2.24) is 4.90 Å². The Hall–Kier alpha value is -2.14. The van der Waals surface area contributed by atoms with Crippen LogP contribution in [0.2, 0.25) is 0 Å². The molecule has 1 saturated heterocycles. The number of rotatable bonds is 6. The van der Waals surface area contributed by atoms with Crippen molar-refractivity contribution in [3.05, 3.63) is 52.2 Å². The normalized spacial score (nSPS) is 15.2. The Morgan fingerprint density at radius 1 is 1.16 bits per heavy atom. The summed E-state index contributed by atoms with van der Waals surface area (Å²) in [6, 6.07) is 11.6. The van der Waals surface area contributed by atoms with Crippen LogP contribution < -0.4 is 4.74 Å². The number of carbonyl (C=O) groups excluding carboxylic acids is 2. The number of ether oxygens (including phenoxy) is 1. The monoisotopic (exact) mass is 357 g/mol. The molecule has 0 unspecified atom stereocenters. The van der Waals surface area contributed by atoms with Crippen molar-refractivity contribution in [1.29, 1.82) is 0 Å².